The van der Waals surface area contributed by atoms with Gasteiger partial charge in [0.25, 0.3) is 5.91 Å². The van der Waals surface area contributed by atoms with Crippen LogP contribution in [0, 0.1) is 6.92 Å². The van der Waals surface area contributed by atoms with Crippen LogP contribution >= 0.6 is 11.3 Å². The summed E-state index contributed by atoms with van der Waals surface area (Å²) < 4.78 is 0. The molecule has 0 saturated carbocycles. The number of aryl methyl sites for hydroxylation is 1. The van der Waals surface area contributed by atoms with Crippen molar-refractivity contribution in [2.75, 3.05) is 5.32 Å². The van der Waals surface area contributed by atoms with Crippen LogP contribution in [0.2, 0.25) is 0 Å². The number of rotatable bonds is 3. The van der Waals surface area contributed by atoms with Crippen LogP contribution in [0.5, 0.6) is 0 Å². The highest BCUT2D eigenvalue weighted by atomic mass is 32.1. The Kier molecular flexibility index (Phi) is 3.75. The maximum absolute atomic E-state index is 12.4. The molecule has 0 aliphatic rings. The van der Waals surface area contributed by atoms with E-state index in [0.29, 0.717) is 11.4 Å². The van der Waals surface area contributed by atoms with Crippen LogP contribution in [0.3, 0.4) is 0 Å². The summed E-state index contributed by atoms with van der Waals surface area (Å²) in [6.45, 7) is 1.90. The third-order valence-electron chi connectivity index (χ3n) is 2.90. The predicted molar refractivity (Wildman–Crippen MR) is 84.5 cm³/mol. The lowest BCUT2D eigenvalue weighted by Gasteiger charge is -2.04. The third kappa shape index (κ3) is 2.98. The number of thiazole rings is 1. The highest BCUT2D eigenvalue weighted by Crippen LogP contribution is 2.30. The van der Waals surface area contributed by atoms with Crippen LogP contribution in [0.15, 0.2) is 54.9 Å². The molecule has 1 aromatic carbocycles. The van der Waals surface area contributed by atoms with Gasteiger partial charge in [-0.15, -0.1) is 11.3 Å². The van der Waals surface area contributed by atoms with Crippen molar-refractivity contribution in [2.45, 2.75) is 6.92 Å². The van der Waals surface area contributed by atoms with Crippen LogP contribution in [0.4, 0.5) is 5.69 Å². The Labute approximate surface area is 126 Å². The molecule has 0 aliphatic carbocycles. The van der Waals surface area contributed by atoms with Crippen molar-refractivity contribution >= 4 is 22.9 Å². The smallest absolute Gasteiger partial charge is 0.275 e. The van der Waals surface area contributed by atoms with Crippen LogP contribution < -0.4 is 5.32 Å². The number of carbonyl (C=O) groups excluding carboxylic acids is 1. The lowest BCUT2D eigenvalue weighted by molar-refractivity contribution is 0.102. The molecular weight excluding hydrogens is 282 g/mol. The Balaban J connectivity index is 1.94. The highest BCUT2D eigenvalue weighted by Gasteiger charge is 2.18. The molecule has 1 amide bonds. The van der Waals surface area contributed by atoms with Gasteiger partial charge in [0.1, 0.15) is 5.69 Å². The quantitative estimate of drug-likeness (QED) is 0.800. The minimum atomic E-state index is -0.216. The largest absolute Gasteiger partial charge is 0.319 e. The number of amides is 1. The fourth-order valence-corrected chi connectivity index (χ4v) is 2.91. The molecule has 0 atom stereocenters. The van der Waals surface area contributed by atoms with E-state index in [1.165, 1.54) is 11.3 Å². The second-order valence-electron chi connectivity index (χ2n) is 4.47. The van der Waals surface area contributed by atoms with E-state index in [1.54, 1.807) is 24.5 Å². The zero-order valence-electron chi connectivity index (χ0n) is 11.4. The third-order valence-corrected chi connectivity index (χ3v) is 3.92. The standard InChI is InChI=1S/C16H13N3OS/c1-11-18-14(15(21-11)12-6-3-2-4-7-12)16(20)19-13-8-5-9-17-10-13/h2-10H,1H3,(H,19,20). The van der Waals surface area contributed by atoms with Crippen molar-refractivity contribution in [3.8, 4) is 10.4 Å². The number of aromatic nitrogens is 2. The molecule has 0 bridgehead atoms. The molecule has 1 N–H and O–H groups in total. The maximum atomic E-state index is 12.4. The lowest BCUT2D eigenvalue weighted by Crippen LogP contribution is -2.13. The molecule has 104 valence electrons. The first-order valence-corrected chi connectivity index (χ1v) is 7.30. The normalized spacial score (nSPS) is 10.3. The zero-order chi connectivity index (χ0) is 14.7. The number of pyridine rings is 1. The number of nitrogens with one attached hydrogen (secondary N) is 1. The second-order valence-corrected chi connectivity index (χ2v) is 5.68. The van der Waals surface area contributed by atoms with Crippen molar-refractivity contribution < 1.29 is 4.79 Å². The minimum absolute atomic E-state index is 0.216. The summed E-state index contributed by atoms with van der Waals surface area (Å²) >= 11 is 1.52. The highest BCUT2D eigenvalue weighted by molar-refractivity contribution is 7.15. The van der Waals surface area contributed by atoms with Gasteiger partial charge in [-0.2, -0.15) is 0 Å². The van der Waals surface area contributed by atoms with Crippen molar-refractivity contribution in [1.82, 2.24) is 9.97 Å². The second kappa shape index (κ2) is 5.85. The zero-order valence-corrected chi connectivity index (χ0v) is 12.2. The number of carbonyl (C=O) groups is 1. The van der Waals surface area contributed by atoms with E-state index >= 15 is 0 Å². The number of anilines is 1. The summed E-state index contributed by atoms with van der Waals surface area (Å²) in [6.07, 6.45) is 3.28. The summed E-state index contributed by atoms with van der Waals surface area (Å²) in [7, 11) is 0. The Morgan fingerprint density at radius 2 is 1.95 bits per heavy atom. The average molecular weight is 295 g/mol. The topological polar surface area (TPSA) is 54.9 Å². The summed E-state index contributed by atoms with van der Waals surface area (Å²) in [6, 6.07) is 13.4. The number of hydrogen-bond acceptors (Lipinski definition) is 4. The van der Waals surface area contributed by atoms with Crippen molar-refractivity contribution in [1.29, 1.82) is 0 Å². The van der Waals surface area contributed by atoms with Crippen molar-refractivity contribution in [3.63, 3.8) is 0 Å². The molecule has 0 fully saturated rings. The van der Waals surface area contributed by atoms with Crippen LogP contribution in [-0.2, 0) is 0 Å². The molecule has 0 unspecified atom stereocenters. The van der Waals surface area contributed by atoms with Gasteiger partial charge >= 0.3 is 0 Å². The molecule has 3 rings (SSSR count). The molecule has 2 aromatic heterocycles. The lowest BCUT2D eigenvalue weighted by atomic mass is 10.1. The fraction of sp³-hybridized carbons (Fsp3) is 0.0625. The summed E-state index contributed by atoms with van der Waals surface area (Å²) in [5.41, 5.74) is 2.11. The molecule has 3 aromatic rings. The molecule has 4 nitrogen and oxygen atoms in total. The van der Waals surface area contributed by atoms with E-state index in [4.69, 9.17) is 0 Å². The van der Waals surface area contributed by atoms with Crippen LogP contribution in [-0.4, -0.2) is 15.9 Å². The molecule has 5 heteroatoms. The van der Waals surface area contributed by atoms with E-state index in [0.717, 1.165) is 15.4 Å². The van der Waals surface area contributed by atoms with Crippen LogP contribution in [0.25, 0.3) is 10.4 Å². The monoisotopic (exact) mass is 295 g/mol. The predicted octanol–water partition coefficient (Wildman–Crippen LogP) is 3.77. The molecule has 0 aliphatic heterocycles. The van der Waals surface area contributed by atoms with Crippen LogP contribution in [0.1, 0.15) is 15.5 Å². The first-order chi connectivity index (χ1) is 10.2. The number of benzene rings is 1. The van der Waals surface area contributed by atoms with Gasteiger partial charge in [0, 0.05) is 6.20 Å². The fourth-order valence-electron chi connectivity index (χ4n) is 1.99. The molecule has 0 saturated heterocycles. The van der Waals surface area contributed by atoms with E-state index in [1.807, 2.05) is 37.3 Å². The Bertz CT molecular complexity index is 754. The van der Waals surface area contributed by atoms with E-state index in [2.05, 4.69) is 15.3 Å². The van der Waals surface area contributed by atoms with Gasteiger partial charge in [0.15, 0.2) is 0 Å². The Morgan fingerprint density at radius 3 is 2.67 bits per heavy atom. The number of nitrogens with zero attached hydrogens (tertiary/aromatic N) is 2. The van der Waals surface area contributed by atoms with Gasteiger partial charge in [-0.25, -0.2) is 4.98 Å². The molecular formula is C16H13N3OS. The first-order valence-electron chi connectivity index (χ1n) is 6.48. The minimum Gasteiger partial charge on any atom is -0.319 e. The van der Waals surface area contributed by atoms with Gasteiger partial charge in [0.2, 0.25) is 0 Å². The van der Waals surface area contributed by atoms with E-state index < -0.39 is 0 Å². The SMILES string of the molecule is Cc1nc(C(=O)Nc2cccnc2)c(-c2ccccc2)s1. The molecule has 0 spiro atoms. The molecule has 21 heavy (non-hydrogen) atoms. The molecule has 0 radical (unpaired) electrons. The number of hydrogen-bond donors (Lipinski definition) is 1. The van der Waals surface area contributed by atoms with Gasteiger partial charge < -0.3 is 5.32 Å². The Hall–Kier alpha value is -2.53. The van der Waals surface area contributed by atoms with E-state index in [9.17, 15) is 4.79 Å². The van der Waals surface area contributed by atoms with Crippen molar-refractivity contribution in [2.24, 2.45) is 0 Å². The Morgan fingerprint density at radius 1 is 1.14 bits per heavy atom. The van der Waals surface area contributed by atoms with Gasteiger partial charge in [-0.05, 0) is 24.6 Å². The van der Waals surface area contributed by atoms with E-state index in [-0.39, 0.29) is 5.91 Å². The first kappa shape index (κ1) is 13.5. The van der Waals surface area contributed by atoms with Gasteiger partial charge in [-0.1, -0.05) is 30.3 Å². The maximum Gasteiger partial charge on any atom is 0.275 e. The summed E-state index contributed by atoms with van der Waals surface area (Å²) in [4.78, 5) is 21.7. The summed E-state index contributed by atoms with van der Waals surface area (Å²) in [5, 5.41) is 3.69. The summed E-state index contributed by atoms with van der Waals surface area (Å²) in [5.74, 6) is -0.216. The molecule has 2 heterocycles. The average Bonchev–Trinajstić information content (AvgIpc) is 2.91. The van der Waals surface area contributed by atoms with Crippen molar-refractivity contribution in [3.05, 3.63) is 65.6 Å². The van der Waals surface area contributed by atoms with Gasteiger partial charge in [-0.3, -0.25) is 9.78 Å². The van der Waals surface area contributed by atoms with Gasteiger partial charge in [0.05, 0.1) is 21.8 Å².